The number of hydrogen-bond donors (Lipinski definition) is 1. The number of benzene rings is 1. The van der Waals surface area contributed by atoms with Crippen LogP contribution in [0.2, 0.25) is 0 Å². The maximum atomic E-state index is 5.66. The van der Waals surface area contributed by atoms with Gasteiger partial charge in [-0.25, -0.2) is 0 Å². The second-order valence-corrected chi connectivity index (χ2v) is 3.20. The Morgan fingerprint density at radius 2 is 2.09 bits per heavy atom. The van der Waals surface area contributed by atoms with Crippen LogP contribution < -0.4 is 10.5 Å². The Morgan fingerprint density at radius 1 is 1.45 bits per heavy atom. The van der Waals surface area contributed by atoms with E-state index in [1.165, 1.54) is 0 Å². The standard InChI is InChI=1S/C8H10BrNO/c1-5-3-6(9)8(11-2)4-7(5)10/h3-4H,10H2,1-2H3. The van der Waals surface area contributed by atoms with E-state index in [0.717, 1.165) is 21.5 Å². The van der Waals surface area contributed by atoms with Crippen molar-refractivity contribution in [3.05, 3.63) is 22.2 Å². The van der Waals surface area contributed by atoms with E-state index in [-0.39, 0.29) is 0 Å². The predicted octanol–water partition coefficient (Wildman–Crippen LogP) is 2.35. The van der Waals surface area contributed by atoms with Crippen molar-refractivity contribution in [2.24, 2.45) is 0 Å². The van der Waals surface area contributed by atoms with Gasteiger partial charge in [0.25, 0.3) is 0 Å². The van der Waals surface area contributed by atoms with Gasteiger partial charge in [-0.05, 0) is 34.5 Å². The first-order chi connectivity index (χ1) is 5.15. The van der Waals surface area contributed by atoms with Crippen molar-refractivity contribution in [2.45, 2.75) is 6.92 Å². The van der Waals surface area contributed by atoms with Crippen molar-refractivity contribution in [3.63, 3.8) is 0 Å². The van der Waals surface area contributed by atoms with Crippen LogP contribution in [0.1, 0.15) is 5.56 Å². The Balaban J connectivity index is 3.21. The summed E-state index contributed by atoms with van der Waals surface area (Å²) in [4.78, 5) is 0. The number of aryl methyl sites for hydroxylation is 1. The molecule has 0 aliphatic heterocycles. The summed E-state index contributed by atoms with van der Waals surface area (Å²) < 4.78 is 5.99. The number of rotatable bonds is 1. The van der Waals surface area contributed by atoms with Gasteiger partial charge in [-0.1, -0.05) is 0 Å². The monoisotopic (exact) mass is 215 g/mol. The summed E-state index contributed by atoms with van der Waals surface area (Å²) in [6, 6.07) is 3.74. The molecule has 0 aromatic heterocycles. The molecule has 0 saturated heterocycles. The fourth-order valence-electron chi connectivity index (χ4n) is 0.825. The summed E-state index contributed by atoms with van der Waals surface area (Å²) in [5.41, 5.74) is 7.47. The third-order valence-corrected chi connectivity index (χ3v) is 2.16. The van der Waals surface area contributed by atoms with Crippen molar-refractivity contribution in [1.82, 2.24) is 0 Å². The first-order valence-corrected chi connectivity index (χ1v) is 4.04. The second-order valence-electron chi connectivity index (χ2n) is 2.34. The minimum atomic E-state index is 0.755. The zero-order chi connectivity index (χ0) is 8.43. The molecule has 0 aliphatic carbocycles. The Kier molecular flexibility index (Phi) is 2.39. The molecule has 0 atom stereocenters. The highest BCUT2D eigenvalue weighted by atomic mass is 79.9. The number of hydrogen-bond acceptors (Lipinski definition) is 2. The van der Waals surface area contributed by atoms with Gasteiger partial charge in [0.15, 0.2) is 0 Å². The fraction of sp³-hybridized carbons (Fsp3) is 0.250. The molecular formula is C8H10BrNO. The van der Waals surface area contributed by atoms with E-state index in [4.69, 9.17) is 10.5 Å². The van der Waals surface area contributed by atoms with Gasteiger partial charge in [-0.2, -0.15) is 0 Å². The molecule has 3 heteroatoms. The van der Waals surface area contributed by atoms with Gasteiger partial charge in [0, 0.05) is 11.8 Å². The van der Waals surface area contributed by atoms with E-state index in [9.17, 15) is 0 Å². The quantitative estimate of drug-likeness (QED) is 0.731. The predicted molar refractivity (Wildman–Crippen MR) is 49.8 cm³/mol. The highest BCUT2D eigenvalue weighted by Crippen LogP contribution is 2.29. The lowest BCUT2D eigenvalue weighted by atomic mass is 10.2. The molecule has 0 spiro atoms. The van der Waals surface area contributed by atoms with Crippen molar-refractivity contribution in [2.75, 3.05) is 12.8 Å². The maximum absolute atomic E-state index is 5.66. The number of halogens is 1. The van der Waals surface area contributed by atoms with E-state index in [1.807, 2.05) is 13.0 Å². The van der Waals surface area contributed by atoms with Crippen LogP contribution in [0.5, 0.6) is 5.75 Å². The minimum absolute atomic E-state index is 0.755. The van der Waals surface area contributed by atoms with Crippen LogP contribution in [-0.4, -0.2) is 7.11 Å². The number of anilines is 1. The van der Waals surface area contributed by atoms with E-state index in [1.54, 1.807) is 13.2 Å². The number of ether oxygens (including phenoxy) is 1. The SMILES string of the molecule is COc1cc(N)c(C)cc1Br. The number of nitrogens with two attached hydrogens (primary N) is 1. The van der Waals surface area contributed by atoms with Crippen LogP contribution in [0.25, 0.3) is 0 Å². The topological polar surface area (TPSA) is 35.2 Å². The summed E-state index contributed by atoms with van der Waals surface area (Å²) in [5.74, 6) is 0.771. The Labute approximate surface area is 74.5 Å². The summed E-state index contributed by atoms with van der Waals surface area (Å²) in [5, 5.41) is 0. The third-order valence-electron chi connectivity index (χ3n) is 1.54. The number of nitrogen functional groups attached to an aromatic ring is 1. The Hall–Kier alpha value is -0.700. The van der Waals surface area contributed by atoms with Crippen molar-refractivity contribution in [1.29, 1.82) is 0 Å². The molecule has 1 aromatic carbocycles. The average Bonchev–Trinajstić information content (AvgIpc) is 1.97. The van der Waals surface area contributed by atoms with E-state index < -0.39 is 0 Å². The normalized spacial score (nSPS) is 9.73. The van der Waals surface area contributed by atoms with Gasteiger partial charge in [-0.15, -0.1) is 0 Å². The molecule has 0 saturated carbocycles. The molecule has 0 heterocycles. The van der Waals surface area contributed by atoms with Gasteiger partial charge >= 0.3 is 0 Å². The maximum Gasteiger partial charge on any atom is 0.135 e. The van der Waals surface area contributed by atoms with Crippen LogP contribution in [0, 0.1) is 6.92 Å². The molecule has 0 amide bonds. The molecule has 11 heavy (non-hydrogen) atoms. The van der Waals surface area contributed by atoms with Crippen LogP contribution in [0.4, 0.5) is 5.69 Å². The average molecular weight is 216 g/mol. The largest absolute Gasteiger partial charge is 0.495 e. The summed E-state index contributed by atoms with van der Waals surface area (Å²) in [6.07, 6.45) is 0. The lowest BCUT2D eigenvalue weighted by molar-refractivity contribution is 0.412. The lowest BCUT2D eigenvalue weighted by Gasteiger charge is -2.06. The summed E-state index contributed by atoms with van der Waals surface area (Å²) >= 11 is 3.36. The molecule has 1 rings (SSSR count). The van der Waals surface area contributed by atoms with Crippen LogP contribution in [-0.2, 0) is 0 Å². The molecule has 0 unspecified atom stereocenters. The molecular weight excluding hydrogens is 206 g/mol. The van der Waals surface area contributed by atoms with E-state index >= 15 is 0 Å². The Morgan fingerprint density at radius 3 is 2.64 bits per heavy atom. The van der Waals surface area contributed by atoms with Crippen molar-refractivity contribution < 1.29 is 4.74 Å². The molecule has 0 fully saturated rings. The van der Waals surface area contributed by atoms with Crippen LogP contribution in [0.3, 0.4) is 0 Å². The van der Waals surface area contributed by atoms with Gasteiger partial charge in [0.2, 0.25) is 0 Å². The fourth-order valence-corrected chi connectivity index (χ4v) is 1.44. The molecule has 1 aromatic rings. The molecule has 2 nitrogen and oxygen atoms in total. The van der Waals surface area contributed by atoms with Gasteiger partial charge < -0.3 is 10.5 Å². The first kappa shape index (κ1) is 8.40. The molecule has 0 bridgehead atoms. The molecule has 0 aliphatic rings. The zero-order valence-corrected chi connectivity index (χ0v) is 8.10. The van der Waals surface area contributed by atoms with Gasteiger partial charge in [0.05, 0.1) is 11.6 Å². The summed E-state index contributed by atoms with van der Waals surface area (Å²) in [7, 11) is 1.62. The minimum Gasteiger partial charge on any atom is -0.495 e. The molecule has 0 radical (unpaired) electrons. The van der Waals surface area contributed by atoms with Crippen molar-refractivity contribution in [3.8, 4) is 5.75 Å². The van der Waals surface area contributed by atoms with Crippen LogP contribution in [0.15, 0.2) is 16.6 Å². The second kappa shape index (κ2) is 3.13. The highest BCUT2D eigenvalue weighted by molar-refractivity contribution is 9.10. The van der Waals surface area contributed by atoms with Crippen molar-refractivity contribution >= 4 is 21.6 Å². The zero-order valence-electron chi connectivity index (χ0n) is 6.52. The molecule has 2 N–H and O–H groups in total. The van der Waals surface area contributed by atoms with E-state index in [2.05, 4.69) is 15.9 Å². The smallest absolute Gasteiger partial charge is 0.135 e. The van der Waals surface area contributed by atoms with Gasteiger partial charge in [0.1, 0.15) is 5.75 Å². The lowest BCUT2D eigenvalue weighted by Crippen LogP contribution is -1.92. The van der Waals surface area contributed by atoms with Crippen LogP contribution >= 0.6 is 15.9 Å². The third kappa shape index (κ3) is 1.66. The van der Waals surface area contributed by atoms with Gasteiger partial charge in [-0.3, -0.25) is 0 Å². The molecule has 60 valence electrons. The summed E-state index contributed by atoms with van der Waals surface area (Å²) in [6.45, 7) is 1.96. The van der Waals surface area contributed by atoms with E-state index in [0.29, 0.717) is 0 Å². The number of methoxy groups -OCH3 is 1. The highest BCUT2D eigenvalue weighted by Gasteiger charge is 2.01. The Bertz CT molecular complexity index is 273. The first-order valence-electron chi connectivity index (χ1n) is 3.24.